The first-order valence-corrected chi connectivity index (χ1v) is 15.6. The van der Waals surface area contributed by atoms with Gasteiger partial charge >= 0.3 is 0 Å². The van der Waals surface area contributed by atoms with Crippen LogP contribution in [-0.2, 0) is 9.84 Å². The van der Waals surface area contributed by atoms with Crippen LogP contribution in [0.1, 0.15) is 31.8 Å². The van der Waals surface area contributed by atoms with Crippen LogP contribution in [0.5, 0.6) is 23.0 Å². The lowest BCUT2D eigenvalue weighted by Gasteiger charge is -2.10. The summed E-state index contributed by atoms with van der Waals surface area (Å²) in [6.07, 6.45) is 0. The molecule has 0 unspecified atom stereocenters. The van der Waals surface area contributed by atoms with Crippen molar-refractivity contribution in [1.82, 2.24) is 0 Å². The Morgan fingerprint density at radius 2 is 0.533 bits per heavy atom. The molecule has 16 rings (SSSR count). The maximum Gasteiger partial charge on any atom is 0.206 e. The van der Waals surface area contributed by atoms with Gasteiger partial charge < -0.3 is 9.47 Å². The van der Waals surface area contributed by atoms with Crippen LogP contribution in [0.15, 0.2) is 155 Å². The highest BCUT2D eigenvalue weighted by Crippen LogP contribution is 2.30. The molecule has 0 saturated heterocycles. The van der Waals surface area contributed by atoms with Gasteiger partial charge in [0.05, 0.1) is 9.79 Å². The number of hydrogen-bond donors (Lipinski definition) is 0. The second kappa shape index (κ2) is 11.4. The average molecular weight is 609 g/mol. The van der Waals surface area contributed by atoms with Gasteiger partial charge in [0, 0.05) is 22.3 Å². The maximum atomic E-state index is 13.3. The van der Waals surface area contributed by atoms with Crippen molar-refractivity contribution in [3.8, 4) is 34.1 Å². The summed E-state index contributed by atoms with van der Waals surface area (Å²) in [5.74, 6) is 1.67. The van der Waals surface area contributed by atoms with E-state index >= 15 is 0 Å². The van der Waals surface area contributed by atoms with E-state index in [-0.39, 0.29) is 21.4 Å². The Balaban J connectivity index is 1.24. The minimum Gasteiger partial charge on any atom is -0.457 e. The average Bonchev–Trinajstić information content (AvgIpc) is 3.09. The summed E-state index contributed by atoms with van der Waals surface area (Å²) in [7, 11) is -3.78. The van der Waals surface area contributed by atoms with Crippen LogP contribution in [0.25, 0.3) is 11.1 Å². The highest BCUT2D eigenvalue weighted by molar-refractivity contribution is 7.91. The number of sulfone groups is 1. The van der Waals surface area contributed by atoms with E-state index in [1.165, 1.54) is 24.3 Å². The van der Waals surface area contributed by atoms with Crippen molar-refractivity contribution >= 4 is 21.4 Å². The van der Waals surface area contributed by atoms with Crippen LogP contribution in [0.3, 0.4) is 0 Å². The molecular weight excluding hydrogens is 584 g/mol. The van der Waals surface area contributed by atoms with Crippen molar-refractivity contribution in [3.63, 3.8) is 0 Å². The standard InChI is InChI=1S/C38H24O6S/c39-37-27-5-1-25(2-6-27)26-3-7-28(8-4-26)38(40)30-11-15-32(16-12-30)44-34-19-23-36(24-20-34)45(41,42)35-21-17-33(18-22-35)43-31-13-9-29(37)10-14-31/h1-24H. The Labute approximate surface area is 260 Å². The highest BCUT2D eigenvalue weighted by Gasteiger charge is 2.18. The molecule has 0 spiro atoms. The van der Waals surface area contributed by atoms with E-state index in [9.17, 15) is 18.0 Å². The topological polar surface area (TPSA) is 86.7 Å². The molecule has 218 valence electrons. The third kappa shape index (κ3) is 5.64. The fourth-order valence-corrected chi connectivity index (χ4v) is 6.35. The largest absolute Gasteiger partial charge is 0.457 e. The van der Waals surface area contributed by atoms with Crippen molar-refractivity contribution in [3.05, 3.63) is 168 Å². The molecule has 6 aromatic rings. The Morgan fingerprint density at radius 3 is 0.822 bits per heavy atom. The number of carbonyl (C=O) groups is 2. The third-order valence-electron chi connectivity index (χ3n) is 7.60. The van der Waals surface area contributed by atoms with Crippen LogP contribution >= 0.6 is 0 Å². The minimum absolute atomic E-state index is 0.120. The monoisotopic (exact) mass is 608 g/mol. The Kier molecular flexibility index (Phi) is 7.08. The summed E-state index contributed by atoms with van der Waals surface area (Å²) in [6, 6.07) is 40.5. The molecule has 6 nitrogen and oxygen atoms in total. The van der Waals surface area contributed by atoms with Gasteiger partial charge in [-0.2, -0.15) is 0 Å². The molecule has 10 aliphatic rings. The van der Waals surface area contributed by atoms with Crippen LogP contribution < -0.4 is 9.47 Å². The molecule has 6 aromatic carbocycles. The van der Waals surface area contributed by atoms with Gasteiger partial charge in [0.15, 0.2) is 11.6 Å². The molecule has 12 bridgehead atoms. The molecule has 0 radical (unpaired) electrons. The fraction of sp³-hybridized carbons (Fsp3) is 0. The Bertz CT molecular complexity index is 1980. The van der Waals surface area contributed by atoms with Gasteiger partial charge in [-0.15, -0.1) is 0 Å². The number of ether oxygens (including phenoxy) is 2. The number of carbonyl (C=O) groups excluding carboxylic acids is 2. The summed E-state index contributed by atoms with van der Waals surface area (Å²) in [5, 5.41) is 0. The Morgan fingerprint density at radius 1 is 0.311 bits per heavy atom. The van der Waals surface area contributed by atoms with Crippen molar-refractivity contribution in [2.45, 2.75) is 9.79 Å². The number of benzene rings is 6. The molecule has 0 aromatic heterocycles. The molecule has 7 heteroatoms. The summed E-state index contributed by atoms with van der Waals surface area (Å²) in [5.41, 5.74) is 3.95. The lowest BCUT2D eigenvalue weighted by atomic mass is 9.97. The first kappa shape index (κ1) is 28.0. The van der Waals surface area contributed by atoms with E-state index in [2.05, 4.69) is 0 Å². The van der Waals surface area contributed by atoms with Crippen LogP contribution in [0.2, 0.25) is 0 Å². The third-order valence-corrected chi connectivity index (χ3v) is 9.39. The van der Waals surface area contributed by atoms with Gasteiger partial charge in [0.25, 0.3) is 0 Å². The molecule has 0 N–H and O–H groups in total. The van der Waals surface area contributed by atoms with Crippen LogP contribution in [0.4, 0.5) is 0 Å². The van der Waals surface area contributed by atoms with Gasteiger partial charge in [-0.25, -0.2) is 8.42 Å². The first-order valence-electron chi connectivity index (χ1n) is 14.1. The number of ketones is 2. The quantitative estimate of drug-likeness (QED) is 0.172. The maximum absolute atomic E-state index is 13.3. The zero-order valence-electron chi connectivity index (χ0n) is 23.7. The number of rotatable bonds is 0. The molecular formula is C38H24O6S. The normalized spacial score (nSPS) is 13.7. The van der Waals surface area contributed by atoms with Gasteiger partial charge in [0.1, 0.15) is 23.0 Å². The van der Waals surface area contributed by atoms with Gasteiger partial charge in [-0.3, -0.25) is 9.59 Å². The summed E-state index contributed by atoms with van der Waals surface area (Å²) >= 11 is 0. The van der Waals surface area contributed by atoms with E-state index in [1.807, 2.05) is 24.3 Å². The van der Waals surface area contributed by atoms with Crippen molar-refractivity contribution in [2.24, 2.45) is 0 Å². The van der Waals surface area contributed by atoms with Crippen LogP contribution in [0, 0.1) is 0 Å². The highest BCUT2D eigenvalue weighted by atomic mass is 32.2. The molecule has 0 amide bonds. The summed E-state index contributed by atoms with van der Waals surface area (Å²) in [4.78, 5) is 26.5. The first-order chi connectivity index (χ1) is 21.8. The predicted molar refractivity (Wildman–Crippen MR) is 170 cm³/mol. The van der Waals surface area contributed by atoms with Crippen LogP contribution in [-0.4, -0.2) is 20.0 Å². The summed E-state index contributed by atoms with van der Waals surface area (Å²) in [6.45, 7) is 0. The van der Waals surface area contributed by atoms with Crippen molar-refractivity contribution in [1.29, 1.82) is 0 Å². The number of hydrogen-bond acceptors (Lipinski definition) is 6. The zero-order valence-corrected chi connectivity index (χ0v) is 24.5. The molecule has 10 aliphatic heterocycles. The summed E-state index contributed by atoms with van der Waals surface area (Å²) < 4.78 is 38.3. The zero-order chi connectivity index (χ0) is 31.0. The Hall–Kier alpha value is -5.79. The molecule has 0 saturated carbocycles. The predicted octanol–water partition coefficient (Wildman–Crippen LogP) is 8.55. The van der Waals surface area contributed by atoms with Gasteiger partial charge in [0.2, 0.25) is 9.84 Å². The van der Waals surface area contributed by atoms with Crippen molar-refractivity contribution in [2.75, 3.05) is 0 Å². The van der Waals surface area contributed by atoms with E-state index in [0.717, 1.165) is 11.1 Å². The molecule has 10 heterocycles. The second-order valence-electron chi connectivity index (χ2n) is 10.5. The van der Waals surface area contributed by atoms with Gasteiger partial charge in [-0.05, 0) is 108 Å². The lowest BCUT2D eigenvalue weighted by molar-refractivity contribution is 0.103. The van der Waals surface area contributed by atoms with E-state index in [4.69, 9.17) is 9.47 Å². The van der Waals surface area contributed by atoms with E-state index in [0.29, 0.717) is 45.3 Å². The lowest BCUT2D eigenvalue weighted by Crippen LogP contribution is -2.02. The molecule has 0 aliphatic carbocycles. The second-order valence-corrected chi connectivity index (χ2v) is 12.5. The smallest absolute Gasteiger partial charge is 0.206 e. The van der Waals surface area contributed by atoms with E-state index < -0.39 is 9.84 Å². The fourth-order valence-electron chi connectivity index (χ4n) is 5.09. The van der Waals surface area contributed by atoms with Crippen molar-refractivity contribution < 1.29 is 27.5 Å². The molecule has 0 fully saturated rings. The minimum atomic E-state index is -3.78. The molecule has 0 atom stereocenters. The SMILES string of the molecule is O=C1c2ccc(cc2)Oc2ccc(cc2)S(=O)(=O)c2ccc(cc2)Oc2ccc(cc2)C(=O)c2ccc(cc2)-c2ccc1cc2. The van der Waals surface area contributed by atoms with Gasteiger partial charge in [-0.1, -0.05) is 48.5 Å². The van der Waals surface area contributed by atoms with E-state index in [1.54, 1.807) is 97.1 Å². The molecule has 45 heavy (non-hydrogen) atoms.